The molecule has 5 nitrogen and oxygen atoms in total. The number of hydrogen-bond donors (Lipinski definition) is 0. The van der Waals surface area contributed by atoms with Gasteiger partial charge in [-0.15, -0.1) is 41.3 Å². The molecule has 0 radical (unpaired) electrons. The number of nitrogens with zero attached hydrogens (tertiary/aromatic N) is 4. The summed E-state index contributed by atoms with van der Waals surface area (Å²) in [7, 11) is 2.04. The van der Waals surface area contributed by atoms with Crippen molar-refractivity contribution in [2.75, 3.05) is 16.8 Å². The second-order valence-electron chi connectivity index (χ2n) is 14.2. The van der Waals surface area contributed by atoms with Gasteiger partial charge in [-0.25, -0.2) is 0 Å². The quantitative estimate of drug-likeness (QED) is 0.134. The first kappa shape index (κ1) is 32.5. The molecule has 47 heavy (non-hydrogen) atoms. The topological polar surface area (TPSA) is 23.6 Å². The zero-order valence-electron chi connectivity index (χ0n) is 28.1. The second-order valence-corrected chi connectivity index (χ2v) is 14.2. The van der Waals surface area contributed by atoms with Gasteiger partial charge in [0.1, 0.15) is 5.82 Å². The van der Waals surface area contributed by atoms with Crippen LogP contribution >= 0.6 is 0 Å². The molecule has 0 unspecified atom stereocenters. The zero-order valence-corrected chi connectivity index (χ0v) is 30.4. The maximum absolute atomic E-state index is 6.65. The van der Waals surface area contributed by atoms with Gasteiger partial charge in [0.05, 0.1) is 16.9 Å². The standard InChI is InChI=1S/C41H40N4O.Pt/c1-27-43(9)36-16-12-13-17-37(36)44(27)30-22-29(41(5,6)7)23-32(25-30)46-31-18-19-34-33-14-10-11-15-35(33)45(38(34)26-31)39-24-28(40(2,3)4)20-21-42(39)8;/h10-24H,1,8H2,2-7,9H3;/q-2;+2. The van der Waals surface area contributed by atoms with Gasteiger partial charge < -0.3 is 14.5 Å². The van der Waals surface area contributed by atoms with Crippen molar-refractivity contribution in [3.05, 3.63) is 133 Å². The van der Waals surface area contributed by atoms with Crippen molar-refractivity contribution >= 4 is 45.6 Å². The zero-order chi connectivity index (χ0) is 32.5. The van der Waals surface area contributed by atoms with E-state index in [1.165, 1.54) is 5.57 Å². The smallest absolute Gasteiger partial charge is 0.510 e. The molecule has 6 heteroatoms. The molecule has 5 aromatic rings. The molecule has 0 atom stereocenters. The number of hydrogen-bond acceptors (Lipinski definition) is 3. The van der Waals surface area contributed by atoms with E-state index in [2.05, 4.69) is 160 Å². The molecule has 0 spiro atoms. The van der Waals surface area contributed by atoms with E-state index < -0.39 is 0 Å². The van der Waals surface area contributed by atoms with Crippen molar-refractivity contribution < 1.29 is 30.4 Å². The van der Waals surface area contributed by atoms with E-state index in [1.54, 1.807) is 0 Å². The Bertz CT molecular complexity index is 2120. The molecule has 2 aliphatic rings. The third-order valence-electron chi connectivity index (χ3n) is 8.95. The summed E-state index contributed by atoms with van der Waals surface area (Å²) in [5.41, 5.74) is 7.33. The normalized spacial score (nSPS) is 15.0. The van der Waals surface area contributed by atoms with Crippen LogP contribution in [0.15, 0.2) is 109 Å². The van der Waals surface area contributed by atoms with Crippen LogP contribution < -0.4 is 14.5 Å². The molecule has 0 aliphatic carbocycles. The van der Waals surface area contributed by atoms with Crippen LogP contribution in [0.5, 0.6) is 11.5 Å². The molecule has 2 aliphatic heterocycles. The van der Waals surface area contributed by atoms with E-state index in [4.69, 9.17) is 4.74 Å². The van der Waals surface area contributed by atoms with Crippen LogP contribution in [0.3, 0.4) is 0 Å². The molecule has 0 bridgehead atoms. The van der Waals surface area contributed by atoms with Crippen LogP contribution in [-0.2, 0) is 26.5 Å². The molecule has 1 aromatic heterocycles. The van der Waals surface area contributed by atoms with Gasteiger partial charge >= 0.3 is 21.1 Å². The summed E-state index contributed by atoms with van der Waals surface area (Å²) in [5, 5.41) is 2.26. The summed E-state index contributed by atoms with van der Waals surface area (Å²) in [6.07, 6.45) is 7.37. The van der Waals surface area contributed by atoms with Gasteiger partial charge in [-0.2, -0.15) is 6.07 Å². The fourth-order valence-corrected chi connectivity index (χ4v) is 6.24. The average molecular weight is 800 g/mol. The van der Waals surface area contributed by atoms with E-state index in [-0.39, 0.29) is 31.9 Å². The molecule has 0 fully saturated rings. The number of allylic oxidation sites excluding steroid dienone is 2. The Balaban J connectivity index is 0.00000386. The van der Waals surface area contributed by atoms with Crippen molar-refractivity contribution in [3.8, 4) is 11.5 Å². The Kier molecular flexibility index (Phi) is 8.05. The monoisotopic (exact) mass is 799 g/mol. The molecule has 0 N–H and O–H groups in total. The summed E-state index contributed by atoms with van der Waals surface area (Å²) in [4.78, 5) is 4.26. The van der Waals surface area contributed by atoms with Crippen LogP contribution in [0.1, 0.15) is 47.1 Å². The summed E-state index contributed by atoms with van der Waals surface area (Å²) in [6.45, 7) is 22.1. The maximum atomic E-state index is 6.65. The van der Waals surface area contributed by atoms with Crippen molar-refractivity contribution in [2.45, 2.75) is 47.0 Å². The minimum atomic E-state index is -0.117. The Morgan fingerprint density at radius 1 is 0.809 bits per heavy atom. The summed E-state index contributed by atoms with van der Waals surface area (Å²) >= 11 is 0. The first-order chi connectivity index (χ1) is 21.8. The first-order valence-electron chi connectivity index (χ1n) is 15.7. The van der Waals surface area contributed by atoms with E-state index in [0.717, 1.165) is 56.4 Å². The van der Waals surface area contributed by atoms with Crippen molar-refractivity contribution in [1.82, 2.24) is 4.57 Å². The number of rotatable bonds is 4. The van der Waals surface area contributed by atoms with Gasteiger partial charge in [-0.3, -0.25) is 9.14 Å². The predicted molar refractivity (Wildman–Crippen MR) is 191 cm³/mol. The number of anilines is 3. The molecular weight excluding hydrogens is 760 g/mol. The maximum Gasteiger partial charge on any atom is 2.00 e. The van der Waals surface area contributed by atoms with Gasteiger partial charge in [0, 0.05) is 31.5 Å². The van der Waals surface area contributed by atoms with Crippen molar-refractivity contribution in [2.24, 2.45) is 5.41 Å². The Morgan fingerprint density at radius 2 is 1.51 bits per heavy atom. The third kappa shape index (κ3) is 5.61. The number of benzene rings is 4. The van der Waals surface area contributed by atoms with Crippen molar-refractivity contribution in [3.63, 3.8) is 0 Å². The minimum absolute atomic E-state index is 0. The predicted octanol–water partition coefficient (Wildman–Crippen LogP) is 10.1. The third-order valence-corrected chi connectivity index (χ3v) is 8.95. The van der Waals surface area contributed by atoms with Crippen LogP contribution in [0, 0.1) is 23.7 Å². The molecule has 0 saturated heterocycles. The van der Waals surface area contributed by atoms with Gasteiger partial charge in [-0.05, 0) is 40.6 Å². The Hall–Kier alpha value is -4.47. The Morgan fingerprint density at radius 3 is 2.23 bits per heavy atom. The number of fused-ring (bicyclic) bond motifs is 4. The summed E-state index contributed by atoms with van der Waals surface area (Å²) < 4.78 is 10.8. The van der Waals surface area contributed by atoms with Gasteiger partial charge in [0.2, 0.25) is 6.17 Å². The SMILES string of the molecule is C=C1N(C)c2ccccc2N1c1[c-]c(Oc2[c-]c3c(cc2)c2ccccc2n3[C-]2C=C(C(C)(C)C)C=C[N+]2=C)cc(C(C)(C)C)c1.[Pt+2]. The van der Waals surface area contributed by atoms with Crippen LogP contribution in [0.4, 0.5) is 17.1 Å². The first-order valence-corrected chi connectivity index (χ1v) is 15.7. The molecule has 3 heterocycles. The molecule has 240 valence electrons. The largest absolute Gasteiger partial charge is 2.00 e. The van der Waals surface area contributed by atoms with Crippen LogP contribution in [0.25, 0.3) is 21.8 Å². The number of para-hydroxylation sites is 3. The number of ether oxygens (including phenoxy) is 1. The van der Waals surface area contributed by atoms with Crippen LogP contribution in [0.2, 0.25) is 0 Å². The van der Waals surface area contributed by atoms with E-state index >= 15 is 0 Å². The average Bonchev–Trinajstić information content (AvgIpc) is 3.47. The number of aromatic nitrogens is 1. The molecule has 0 saturated carbocycles. The van der Waals surface area contributed by atoms with Gasteiger partial charge in [0.25, 0.3) is 0 Å². The van der Waals surface area contributed by atoms with E-state index in [1.807, 2.05) is 23.9 Å². The molecular formula is C41H40N4OPt. The van der Waals surface area contributed by atoms with E-state index in [9.17, 15) is 0 Å². The van der Waals surface area contributed by atoms with Crippen LogP contribution in [-0.4, -0.2) is 22.9 Å². The fraction of sp³-hybridized carbons (Fsp3) is 0.220. The molecule has 4 aromatic carbocycles. The van der Waals surface area contributed by atoms with Gasteiger partial charge in [0.15, 0.2) is 0 Å². The summed E-state index contributed by atoms with van der Waals surface area (Å²) in [5.74, 6) is 2.11. The van der Waals surface area contributed by atoms with Gasteiger partial charge in [-0.1, -0.05) is 101 Å². The second kappa shape index (κ2) is 11.6. The summed E-state index contributed by atoms with van der Waals surface area (Å²) in [6, 6.07) is 32.4. The molecule has 0 amide bonds. The minimum Gasteiger partial charge on any atom is -0.510 e. The molecule has 7 rings (SSSR count). The van der Waals surface area contributed by atoms with Crippen molar-refractivity contribution in [1.29, 1.82) is 0 Å². The fourth-order valence-electron chi connectivity index (χ4n) is 6.24. The van der Waals surface area contributed by atoms with E-state index in [0.29, 0.717) is 11.5 Å². The Labute approximate surface area is 293 Å².